The third kappa shape index (κ3) is 5.15. The second kappa shape index (κ2) is 8.61. The normalized spacial score (nSPS) is 11.4. The standard InChI is InChI=1S/C19H20N6O2/c1-14(25-13-20-12-22-25)18(26)23-16-7-9-17(10-8-16)24-19(27)21-11-15-5-3-2-4-6-15/h2-10,12-14H,11H2,1H3,(H,23,26)(H2,21,24,27). The minimum Gasteiger partial charge on any atom is -0.334 e. The first-order valence-electron chi connectivity index (χ1n) is 8.45. The van der Waals surface area contributed by atoms with Crippen molar-refractivity contribution < 1.29 is 9.59 Å². The van der Waals surface area contributed by atoms with Gasteiger partial charge in [0.05, 0.1) is 0 Å². The summed E-state index contributed by atoms with van der Waals surface area (Å²) in [6, 6.07) is 15.8. The minimum atomic E-state index is -0.478. The zero-order chi connectivity index (χ0) is 19.1. The molecule has 138 valence electrons. The lowest BCUT2D eigenvalue weighted by atomic mass is 10.2. The molecule has 0 aliphatic carbocycles. The first-order chi connectivity index (χ1) is 13.1. The fraction of sp³-hybridized carbons (Fsp3) is 0.158. The maximum absolute atomic E-state index is 12.2. The highest BCUT2D eigenvalue weighted by Crippen LogP contribution is 2.15. The smallest absolute Gasteiger partial charge is 0.319 e. The van der Waals surface area contributed by atoms with Gasteiger partial charge < -0.3 is 16.0 Å². The van der Waals surface area contributed by atoms with E-state index in [1.165, 1.54) is 17.3 Å². The van der Waals surface area contributed by atoms with Gasteiger partial charge in [-0.15, -0.1) is 0 Å². The summed E-state index contributed by atoms with van der Waals surface area (Å²) in [6.07, 6.45) is 2.87. The predicted molar refractivity (Wildman–Crippen MR) is 102 cm³/mol. The molecule has 1 atom stereocenters. The van der Waals surface area contributed by atoms with Gasteiger partial charge in [-0.2, -0.15) is 5.10 Å². The first-order valence-corrected chi connectivity index (χ1v) is 8.45. The van der Waals surface area contributed by atoms with Crippen molar-refractivity contribution in [2.75, 3.05) is 10.6 Å². The molecule has 8 nitrogen and oxygen atoms in total. The molecular formula is C19H20N6O2. The second-order valence-electron chi connectivity index (χ2n) is 5.91. The Kier molecular flexibility index (Phi) is 5.78. The molecule has 1 heterocycles. The van der Waals surface area contributed by atoms with E-state index in [1.807, 2.05) is 30.3 Å². The molecule has 0 aliphatic heterocycles. The largest absolute Gasteiger partial charge is 0.334 e. The Bertz CT molecular complexity index is 878. The molecule has 3 amide bonds. The lowest BCUT2D eigenvalue weighted by molar-refractivity contribution is -0.119. The van der Waals surface area contributed by atoms with Crippen LogP contribution in [0.4, 0.5) is 16.2 Å². The lowest BCUT2D eigenvalue weighted by Gasteiger charge is -2.13. The number of carbonyl (C=O) groups excluding carboxylic acids is 2. The number of aromatic nitrogens is 3. The van der Waals surface area contributed by atoms with Crippen molar-refractivity contribution in [2.24, 2.45) is 0 Å². The average Bonchev–Trinajstić information content (AvgIpc) is 3.23. The van der Waals surface area contributed by atoms with Crippen LogP contribution in [0.2, 0.25) is 0 Å². The van der Waals surface area contributed by atoms with Gasteiger partial charge in [-0.1, -0.05) is 30.3 Å². The van der Waals surface area contributed by atoms with Crippen molar-refractivity contribution in [3.8, 4) is 0 Å². The van der Waals surface area contributed by atoms with Crippen LogP contribution in [-0.2, 0) is 11.3 Å². The molecule has 0 fully saturated rings. The Morgan fingerprint density at radius 2 is 1.67 bits per heavy atom. The highest BCUT2D eigenvalue weighted by molar-refractivity contribution is 5.94. The summed E-state index contributed by atoms with van der Waals surface area (Å²) < 4.78 is 1.47. The number of benzene rings is 2. The van der Waals surface area contributed by atoms with Crippen LogP contribution in [0.25, 0.3) is 0 Å². The van der Waals surface area contributed by atoms with Crippen molar-refractivity contribution in [2.45, 2.75) is 19.5 Å². The van der Waals surface area contributed by atoms with E-state index < -0.39 is 6.04 Å². The van der Waals surface area contributed by atoms with E-state index in [0.717, 1.165) is 5.56 Å². The summed E-state index contributed by atoms with van der Waals surface area (Å²) in [5.41, 5.74) is 2.28. The molecule has 0 saturated carbocycles. The van der Waals surface area contributed by atoms with Crippen molar-refractivity contribution in [3.63, 3.8) is 0 Å². The molecule has 0 saturated heterocycles. The van der Waals surface area contributed by atoms with Gasteiger partial charge >= 0.3 is 6.03 Å². The number of hydrogen-bond acceptors (Lipinski definition) is 4. The van der Waals surface area contributed by atoms with Crippen LogP contribution in [-0.4, -0.2) is 26.7 Å². The van der Waals surface area contributed by atoms with Crippen molar-refractivity contribution in [1.82, 2.24) is 20.1 Å². The van der Waals surface area contributed by atoms with Gasteiger partial charge in [0.25, 0.3) is 0 Å². The lowest BCUT2D eigenvalue weighted by Crippen LogP contribution is -2.28. The average molecular weight is 364 g/mol. The van der Waals surface area contributed by atoms with Crippen LogP contribution in [0.3, 0.4) is 0 Å². The van der Waals surface area contributed by atoms with E-state index in [0.29, 0.717) is 17.9 Å². The molecule has 27 heavy (non-hydrogen) atoms. The van der Waals surface area contributed by atoms with E-state index in [4.69, 9.17) is 0 Å². The number of urea groups is 1. The van der Waals surface area contributed by atoms with Gasteiger partial charge in [-0.05, 0) is 36.8 Å². The molecule has 1 aromatic heterocycles. The van der Waals surface area contributed by atoms with E-state index >= 15 is 0 Å². The van der Waals surface area contributed by atoms with E-state index in [1.54, 1.807) is 31.2 Å². The zero-order valence-electron chi connectivity index (χ0n) is 14.8. The van der Waals surface area contributed by atoms with Gasteiger partial charge in [0, 0.05) is 17.9 Å². The highest BCUT2D eigenvalue weighted by Gasteiger charge is 2.15. The van der Waals surface area contributed by atoms with E-state index in [9.17, 15) is 9.59 Å². The Labute approximate surface area is 156 Å². The second-order valence-corrected chi connectivity index (χ2v) is 5.91. The fourth-order valence-corrected chi connectivity index (χ4v) is 2.37. The van der Waals surface area contributed by atoms with Gasteiger partial charge in [-0.25, -0.2) is 14.5 Å². The monoisotopic (exact) mass is 364 g/mol. The van der Waals surface area contributed by atoms with Gasteiger partial charge in [0.2, 0.25) is 5.91 Å². The van der Waals surface area contributed by atoms with Crippen LogP contribution < -0.4 is 16.0 Å². The number of amides is 3. The van der Waals surface area contributed by atoms with Crippen molar-refractivity contribution in [3.05, 3.63) is 72.8 Å². The topological polar surface area (TPSA) is 101 Å². The minimum absolute atomic E-state index is 0.207. The van der Waals surface area contributed by atoms with Crippen molar-refractivity contribution in [1.29, 1.82) is 0 Å². The zero-order valence-corrected chi connectivity index (χ0v) is 14.8. The summed E-state index contributed by atoms with van der Waals surface area (Å²) in [7, 11) is 0. The molecule has 3 rings (SSSR count). The number of rotatable bonds is 6. The fourth-order valence-electron chi connectivity index (χ4n) is 2.37. The summed E-state index contributed by atoms with van der Waals surface area (Å²) in [5.74, 6) is -0.207. The van der Waals surface area contributed by atoms with Crippen molar-refractivity contribution >= 4 is 23.3 Å². The number of nitrogens with zero attached hydrogens (tertiary/aromatic N) is 3. The van der Waals surface area contributed by atoms with Gasteiger partial charge in [0.15, 0.2) is 0 Å². The Morgan fingerprint density at radius 1 is 1.00 bits per heavy atom. The Hall–Kier alpha value is -3.68. The van der Waals surface area contributed by atoms with Crippen LogP contribution in [0.15, 0.2) is 67.3 Å². The molecule has 3 N–H and O–H groups in total. The number of carbonyl (C=O) groups is 2. The molecule has 8 heteroatoms. The summed E-state index contributed by atoms with van der Waals surface area (Å²) >= 11 is 0. The van der Waals surface area contributed by atoms with Crippen LogP contribution in [0.5, 0.6) is 0 Å². The number of hydrogen-bond donors (Lipinski definition) is 3. The first kappa shape index (κ1) is 18.1. The summed E-state index contributed by atoms with van der Waals surface area (Å²) in [4.78, 5) is 28.0. The molecule has 2 aromatic carbocycles. The Morgan fingerprint density at radius 3 is 2.30 bits per heavy atom. The maximum Gasteiger partial charge on any atom is 0.319 e. The number of anilines is 2. The third-order valence-corrected chi connectivity index (χ3v) is 3.92. The summed E-state index contributed by atoms with van der Waals surface area (Å²) in [6.45, 7) is 2.18. The van der Waals surface area contributed by atoms with Gasteiger partial charge in [-0.3, -0.25) is 4.79 Å². The molecule has 0 spiro atoms. The molecule has 0 radical (unpaired) electrons. The number of nitrogens with one attached hydrogen (secondary N) is 3. The molecule has 3 aromatic rings. The van der Waals surface area contributed by atoms with Crippen LogP contribution in [0.1, 0.15) is 18.5 Å². The molecule has 1 unspecified atom stereocenters. The van der Waals surface area contributed by atoms with Crippen LogP contribution >= 0.6 is 0 Å². The molecule has 0 bridgehead atoms. The third-order valence-electron chi connectivity index (χ3n) is 3.92. The van der Waals surface area contributed by atoms with E-state index in [-0.39, 0.29) is 11.9 Å². The summed E-state index contributed by atoms with van der Waals surface area (Å²) in [5, 5.41) is 12.3. The highest BCUT2D eigenvalue weighted by atomic mass is 16.2. The SMILES string of the molecule is CC(C(=O)Nc1ccc(NC(=O)NCc2ccccc2)cc1)n1cncn1. The van der Waals surface area contributed by atoms with E-state index in [2.05, 4.69) is 26.0 Å². The molecular weight excluding hydrogens is 344 g/mol. The van der Waals surface area contributed by atoms with Crippen LogP contribution in [0, 0.1) is 0 Å². The Balaban J connectivity index is 1.49. The quantitative estimate of drug-likeness (QED) is 0.626. The maximum atomic E-state index is 12.2. The molecule has 0 aliphatic rings. The predicted octanol–water partition coefficient (Wildman–Crippen LogP) is 2.80. The van der Waals surface area contributed by atoms with Gasteiger partial charge in [0.1, 0.15) is 18.7 Å².